The van der Waals surface area contributed by atoms with Gasteiger partial charge in [-0.15, -0.1) is 0 Å². The number of nitrogens with two attached hydrogens (primary N) is 1. The van der Waals surface area contributed by atoms with Gasteiger partial charge in [-0.05, 0) is 57.9 Å². The maximum absolute atomic E-state index is 12.0. The van der Waals surface area contributed by atoms with E-state index in [1.807, 2.05) is 0 Å². The number of nitrogens with zero attached hydrogens (tertiary/aromatic N) is 3. The Kier molecular flexibility index (Phi) is 35.2. The number of rotatable bonds is 23. The van der Waals surface area contributed by atoms with Gasteiger partial charge in [-0.3, -0.25) is 39.6 Å². The van der Waals surface area contributed by atoms with Crippen LogP contribution in [-0.4, -0.2) is 138 Å². The molecule has 5 amide bonds. The van der Waals surface area contributed by atoms with E-state index in [9.17, 15) is 39.6 Å². The number of carbonyl (C=O) groups is 5. The molecule has 0 atom stereocenters. The number of nitrogens with one attached hydrogen (secondary N) is 2. The van der Waals surface area contributed by atoms with Crippen LogP contribution in [0.5, 0.6) is 0 Å². The second kappa shape index (κ2) is 32.4. The van der Waals surface area contributed by atoms with Gasteiger partial charge in [0.2, 0.25) is 29.5 Å². The standard InChI is InChI=1S/C25H48N6O8.2CH4O3S.Fe/c1-21(32)29(37)18-9-3-6-16-27-22(33)12-14-25(36)31(39)20-10-4-7-17-28-23(34)11-13-24(35)30(38)19-8-2-5-15-26;2*1-5(2,3)4;/h37-39H,2-20,26H2,1H3,(H,27,33)(H,28,34);2*1H3,(H,2,3,4);/q;;;+2/p-2. The molecule has 0 fully saturated rings. The van der Waals surface area contributed by atoms with Crippen LogP contribution in [0.4, 0.5) is 0 Å². The van der Waals surface area contributed by atoms with Crippen molar-refractivity contribution in [2.75, 3.05) is 51.8 Å². The Morgan fingerprint density at radius 1 is 0.580 bits per heavy atom. The van der Waals surface area contributed by atoms with Crippen LogP contribution in [0.25, 0.3) is 0 Å². The molecule has 7 N–H and O–H groups in total. The summed E-state index contributed by atoms with van der Waals surface area (Å²) in [4.78, 5) is 58.4. The van der Waals surface area contributed by atoms with Gasteiger partial charge in [-0.2, -0.15) is 0 Å². The van der Waals surface area contributed by atoms with Crippen LogP contribution in [0, 0.1) is 0 Å². The minimum atomic E-state index is -3.92. The van der Waals surface area contributed by atoms with Crippen LogP contribution >= 0.6 is 0 Å². The Morgan fingerprint density at radius 3 is 1.18 bits per heavy atom. The number of unbranched alkanes of at least 4 members (excludes halogenated alkanes) is 6. The summed E-state index contributed by atoms with van der Waals surface area (Å²) < 4.78 is 54.5. The monoisotopic (exact) mass is 806 g/mol. The largest absolute Gasteiger partial charge is 2.00 e. The van der Waals surface area contributed by atoms with Gasteiger partial charge in [-0.25, -0.2) is 32.0 Å². The molecule has 0 rings (SSSR count). The Labute approximate surface area is 305 Å². The second-order valence-electron chi connectivity index (χ2n) is 10.8. The van der Waals surface area contributed by atoms with Crippen LogP contribution in [0.3, 0.4) is 0 Å². The fourth-order valence-electron chi connectivity index (χ4n) is 3.45. The number of amides is 5. The molecule has 0 spiro atoms. The average molecular weight is 807 g/mol. The number of hydrogen-bond donors (Lipinski definition) is 6. The predicted octanol–water partition coefficient (Wildman–Crippen LogP) is -0.758. The summed E-state index contributed by atoms with van der Waals surface area (Å²) in [6.45, 7) is 3.22. The third-order valence-corrected chi connectivity index (χ3v) is 5.88. The normalized spacial score (nSPS) is 10.6. The van der Waals surface area contributed by atoms with Crippen molar-refractivity contribution in [3.05, 3.63) is 0 Å². The van der Waals surface area contributed by atoms with Crippen molar-refractivity contribution in [3.8, 4) is 0 Å². The Bertz CT molecular complexity index is 1130. The molecule has 296 valence electrons. The van der Waals surface area contributed by atoms with Gasteiger partial charge in [0.15, 0.2) is 0 Å². The van der Waals surface area contributed by atoms with Crippen LogP contribution in [0.2, 0.25) is 0 Å². The minimum Gasteiger partial charge on any atom is -0.748 e. The molecule has 23 heteroatoms. The molecule has 0 bridgehead atoms. The Hall–Kier alpha value is -2.47. The van der Waals surface area contributed by atoms with Crippen molar-refractivity contribution >= 4 is 49.8 Å². The molecule has 0 aromatic carbocycles. The maximum atomic E-state index is 12.0. The van der Waals surface area contributed by atoms with Crippen molar-refractivity contribution in [2.24, 2.45) is 5.73 Å². The first kappa shape index (κ1) is 54.3. The molecule has 0 aliphatic heterocycles. The summed E-state index contributed by atoms with van der Waals surface area (Å²) in [6, 6.07) is 0. The van der Waals surface area contributed by atoms with E-state index >= 15 is 0 Å². The summed E-state index contributed by atoms with van der Waals surface area (Å²) in [5.74, 6) is -2.05. The Morgan fingerprint density at radius 2 is 0.880 bits per heavy atom. The fraction of sp³-hybridized carbons (Fsp3) is 0.815. The van der Waals surface area contributed by atoms with Gasteiger partial charge in [0.05, 0.1) is 20.2 Å². The molecule has 0 radical (unpaired) electrons. The zero-order valence-electron chi connectivity index (χ0n) is 28.9. The van der Waals surface area contributed by atoms with E-state index in [1.54, 1.807) is 0 Å². The maximum Gasteiger partial charge on any atom is 2.00 e. The first-order valence-electron chi connectivity index (χ1n) is 15.6. The van der Waals surface area contributed by atoms with Gasteiger partial charge in [-0.1, -0.05) is 6.42 Å². The molecule has 0 saturated carbocycles. The zero-order chi connectivity index (χ0) is 38.5. The van der Waals surface area contributed by atoms with Crippen LogP contribution < -0.4 is 16.4 Å². The Balaban J connectivity index is -0.000000835. The molecule has 50 heavy (non-hydrogen) atoms. The number of hydrogen-bond acceptors (Lipinski definition) is 15. The van der Waals surface area contributed by atoms with Crippen LogP contribution in [-0.2, 0) is 61.3 Å². The quantitative estimate of drug-likeness (QED) is 0.0243. The molecule has 0 saturated heterocycles. The molecule has 0 aromatic rings. The average Bonchev–Trinajstić information content (AvgIpc) is 2.98. The molecular weight excluding hydrogens is 752 g/mol. The van der Waals surface area contributed by atoms with Crippen molar-refractivity contribution < 1.29 is 82.6 Å². The van der Waals surface area contributed by atoms with E-state index in [-0.39, 0.29) is 74.2 Å². The molecule has 20 nitrogen and oxygen atoms in total. The summed E-state index contributed by atoms with van der Waals surface area (Å²) in [6.07, 6.45) is 7.04. The fourth-order valence-corrected chi connectivity index (χ4v) is 3.45. The van der Waals surface area contributed by atoms with Crippen molar-refractivity contribution in [3.63, 3.8) is 0 Å². The molecular formula is C27H54FeN6O14S2. The minimum absolute atomic E-state index is 0. The summed E-state index contributed by atoms with van der Waals surface area (Å²) >= 11 is 0. The molecule has 0 aliphatic carbocycles. The first-order chi connectivity index (χ1) is 22.6. The number of hydroxylamine groups is 6. The van der Waals surface area contributed by atoms with Gasteiger partial charge in [0.25, 0.3) is 0 Å². The summed E-state index contributed by atoms with van der Waals surface area (Å²) in [5, 5.41) is 36.1. The summed E-state index contributed by atoms with van der Waals surface area (Å²) in [7, 11) is -7.83. The molecule has 0 unspecified atom stereocenters. The van der Waals surface area contributed by atoms with E-state index in [4.69, 9.17) is 31.7 Å². The summed E-state index contributed by atoms with van der Waals surface area (Å²) in [5.41, 5.74) is 5.39. The van der Waals surface area contributed by atoms with Crippen LogP contribution in [0.1, 0.15) is 90.4 Å². The van der Waals surface area contributed by atoms with Crippen LogP contribution in [0.15, 0.2) is 0 Å². The second-order valence-corrected chi connectivity index (χ2v) is 13.6. The van der Waals surface area contributed by atoms with Crippen molar-refractivity contribution in [1.29, 1.82) is 0 Å². The van der Waals surface area contributed by atoms with E-state index in [2.05, 4.69) is 10.6 Å². The molecule has 0 heterocycles. The van der Waals surface area contributed by atoms with Crippen molar-refractivity contribution in [2.45, 2.75) is 90.4 Å². The molecule has 0 aromatic heterocycles. The van der Waals surface area contributed by atoms with E-state index < -0.39 is 38.0 Å². The van der Waals surface area contributed by atoms with Gasteiger partial charge < -0.3 is 25.5 Å². The third-order valence-electron chi connectivity index (χ3n) is 5.88. The number of carbonyl (C=O) groups excluding carboxylic acids is 5. The van der Waals surface area contributed by atoms with E-state index in [0.29, 0.717) is 85.9 Å². The van der Waals surface area contributed by atoms with Gasteiger partial charge >= 0.3 is 17.1 Å². The zero-order valence-corrected chi connectivity index (χ0v) is 31.6. The smallest absolute Gasteiger partial charge is 0.748 e. The van der Waals surface area contributed by atoms with Gasteiger partial charge in [0, 0.05) is 77.8 Å². The van der Waals surface area contributed by atoms with E-state index in [1.165, 1.54) is 6.92 Å². The van der Waals surface area contributed by atoms with Gasteiger partial charge in [0.1, 0.15) is 0 Å². The van der Waals surface area contributed by atoms with Crippen molar-refractivity contribution in [1.82, 2.24) is 25.8 Å². The SMILES string of the molecule is CC(=O)N(O)CCCCCNC(=O)CCC(=O)N(O)CCCCCNC(=O)CCC(=O)N(O)CCCCCN.CS(=O)(=O)[O-].CS(=O)(=O)[O-].[Fe+2]. The third kappa shape index (κ3) is 47.6. The topological polar surface area (TPSA) is 320 Å². The molecule has 0 aliphatic rings. The van der Waals surface area contributed by atoms with E-state index in [0.717, 1.165) is 19.3 Å². The predicted molar refractivity (Wildman–Crippen MR) is 173 cm³/mol. The first-order valence-corrected chi connectivity index (χ1v) is 19.2.